The molecular formula is C25H36O3. The summed E-state index contributed by atoms with van der Waals surface area (Å²) < 4.78 is 10.9. The maximum absolute atomic E-state index is 10.2. The van der Waals surface area contributed by atoms with Gasteiger partial charge >= 0.3 is 0 Å². The van der Waals surface area contributed by atoms with Gasteiger partial charge in [-0.05, 0) is 61.8 Å². The van der Waals surface area contributed by atoms with Gasteiger partial charge in [0.25, 0.3) is 6.47 Å². The molecule has 1 unspecified atom stereocenters. The molecule has 0 spiro atoms. The number of hydrogen-bond donors (Lipinski definition) is 0. The Balaban J connectivity index is 0.00000190. The van der Waals surface area contributed by atoms with Crippen LogP contribution >= 0.6 is 0 Å². The highest BCUT2D eigenvalue weighted by Gasteiger charge is 2.12. The van der Waals surface area contributed by atoms with Crippen molar-refractivity contribution < 1.29 is 14.3 Å². The minimum atomic E-state index is 0.104. The smallest absolute Gasteiger partial charge is 0.293 e. The van der Waals surface area contributed by atoms with E-state index in [1.807, 2.05) is 13.8 Å². The van der Waals surface area contributed by atoms with E-state index in [-0.39, 0.29) is 6.10 Å². The zero-order valence-electron chi connectivity index (χ0n) is 17.9. The summed E-state index contributed by atoms with van der Waals surface area (Å²) in [6, 6.07) is 0. The first kappa shape index (κ1) is 23.9. The Morgan fingerprint density at radius 1 is 1.07 bits per heavy atom. The van der Waals surface area contributed by atoms with Crippen LogP contribution in [0.2, 0.25) is 0 Å². The van der Waals surface area contributed by atoms with Crippen molar-refractivity contribution in [2.45, 2.75) is 65.9 Å². The minimum absolute atomic E-state index is 0.104. The Morgan fingerprint density at radius 3 is 2.43 bits per heavy atom. The third-order valence-corrected chi connectivity index (χ3v) is 4.74. The van der Waals surface area contributed by atoms with Gasteiger partial charge in [-0.25, -0.2) is 0 Å². The fraction of sp³-hybridized carbons (Fsp3) is 0.480. The van der Waals surface area contributed by atoms with E-state index in [2.05, 4.69) is 62.5 Å². The first-order chi connectivity index (χ1) is 13.8. The van der Waals surface area contributed by atoms with Crippen molar-refractivity contribution in [2.75, 3.05) is 13.2 Å². The monoisotopic (exact) mass is 384 g/mol. The van der Waals surface area contributed by atoms with E-state index < -0.39 is 0 Å². The van der Waals surface area contributed by atoms with Crippen molar-refractivity contribution in [3.63, 3.8) is 0 Å². The van der Waals surface area contributed by atoms with Gasteiger partial charge in [0, 0.05) is 6.42 Å². The third kappa shape index (κ3) is 8.71. The van der Waals surface area contributed by atoms with Gasteiger partial charge in [0.05, 0.1) is 19.3 Å². The molecule has 0 aromatic heterocycles. The second-order valence-corrected chi connectivity index (χ2v) is 6.50. The summed E-state index contributed by atoms with van der Waals surface area (Å²) in [5.41, 5.74) is 5.19. The molecule has 3 heteroatoms. The molecule has 0 radical (unpaired) electrons. The Hall–Kier alpha value is -2.13. The van der Waals surface area contributed by atoms with Gasteiger partial charge in [0.15, 0.2) is 0 Å². The lowest BCUT2D eigenvalue weighted by Crippen LogP contribution is -2.14. The van der Waals surface area contributed by atoms with Gasteiger partial charge in [-0.3, -0.25) is 4.79 Å². The Kier molecular flexibility index (Phi) is 12.7. The second-order valence-electron chi connectivity index (χ2n) is 6.50. The molecule has 0 saturated heterocycles. The second kappa shape index (κ2) is 14.9. The average molecular weight is 385 g/mol. The third-order valence-electron chi connectivity index (χ3n) is 4.74. The molecule has 0 heterocycles. The van der Waals surface area contributed by atoms with Crippen LogP contribution < -0.4 is 0 Å². The lowest BCUT2D eigenvalue weighted by molar-refractivity contribution is -0.128. The van der Waals surface area contributed by atoms with Crippen LogP contribution in [0.25, 0.3) is 0 Å². The molecule has 3 nitrogen and oxygen atoms in total. The topological polar surface area (TPSA) is 35.5 Å². The molecule has 0 saturated carbocycles. The Labute approximate surface area is 171 Å². The summed E-state index contributed by atoms with van der Waals surface area (Å²) >= 11 is 0. The maximum Gasteiger partial charge on any atom is 0.293 e. The number of rotatable bonds is 10. The molecule has 0 bridgehead atoms. The maximum atomic E-state index is 10.2. The average Bonchev–Trinajstić information content (AvgIpc) is 2.76. The van der Waals surface area contributed by atoms with E-state index in [9.17, 15) is 4.79 Å². The van der Waals surface area contributed by atoms with Gasteiger partial charge in [0.1, 0.15) is 0 Å². The summed E-state index contributed by atoms with van der Waals surface area (Å²) in [7, 11) is 0. The molecule has 2 aliphatic rings. The molecule has 0 amide bonds. The number of allylic oxidation sites excluding steroid dienone is 7. The summed E-state index contributed by atoms with van der Waals surface area (Å²) in [6.07, 6.45) is 22.5. The van der Waals surface area contributed by atoms with E-state index in [4.69, 9.17) is 9.47 Å². The van der Waals surface area contributed by atoms with Crippen molar-refractivity contribution in [3.8, 4) is 0 Å². The molecule has 0 N–H and O–H groups in total. The van der Waals surface area contributed by atoms with E-state index in [1.54, 1.807) is 0 Å². The zero-order chi connectivity index (χ0) is 20.6. The van der Waals surface area contributed by atoms with E-state index in [0.717, 1.165) is 32.1 Å². The summed E-state index contributed by atoms with van der Waals surface area (Å²) in [6.45, 7) is 9.73. The van der Waals surface area contributed by atoms with Crippen molar-refractivity contribution in [1.29, 1.82) is 0 Å². The van der Waals surface area contributed by atoms with Crippen LogP contribution in [0, 0.1) is 0 Å². The Morgan fingerprint density at radius 2 is 1.86 bits per heavy atom. The van der Waals surface area contributed by atoms with Crippen molar-refractivity contribution in [1.82, 2.24) is 0 Å². The fourth-order valence-corrected chi connectivity index (χ4v) is 3.16. The van der Waals surface area contributed by atoms with Crippen LogP contribution in [-0.4, -0.2) is 25.8 Å². The highest BCUT2D eigenvalue weighted by molar-refractivity contribution is 5.38. The Bertz CT molecular complexity index is 645. The van der Waals surface area contributed by atoms with Crippen LogP contribution in [0.1, 0.15) is 59.8 Å². The van der Waals surface area contributed by atoms with Gasteiger partial charge in [-0.1, -0.05) is 62.5 Å². The van der Waals surface area contributed by atoms with Crippen LogP contribution in [0.5, 0.6) is 0 Å². The number of carbonyl (C=O) groups excluding carboxylic acids is 1. The molecular weight excluding hydrogens is 348 g/mol. The molecule has 0 aliphatic heterocycles. The predicted molar refractivity (Wildman–Crippen MR) is 118 cm³/mol. The quantitative estimate of drug-likeness (QED) is 0.248. The van der Waals surface area contributed by atoms with Gasteiger partial charge < -0.3 is 9.47 Å². The van der Waals surface area contributed by atoms with Crippen molar-refractivity contribution in [2.24, 2.45) is 0 Å². The molecule has 0 aromatic rings. The minimum Gasteiger partial charge on any atom is -0.468 e. The van der Waals surface area contributed by atoms with Crippen LogP contribution in [0.15, 0.2) is 70.9 Å². The van der Waals surface area contributed by atoms with E-state index in [1.165, 1.54) is 22.3 Å². The molecule has 0 aromatic carbocycles. The summed E-state index contributed by atoms with van der Waals surface area (Å²) in [5.74, 6) is 0. The SMILES string of the molecule is C/C=C(CC1=CCCC=C1)\C(=C/C)COC1C=CC(CCOC=O)=CC1.CC. The number of ether oxygens (including phenoxy) is 2. The molecule has 2 aliphatic carbocycles. The lowest BCUT2D eigenvalue weighted by Gasteiger charge is -2.20. The summed E-state index contributed by atoms with van der Waals surface area (Å²) in [5, 5.41) is 0. The molecule has 28 heavy (non-hydrogen) atoms. The molecule has 0 fully saturated rings. The van der Waals surface area contributed by atoms with Crippen LogP contribution in [-0.2, 0) is 14.3 Å². The lowest BCUT2D eigenvalue weighted by atomic mass is 9.95. The zero-order valence-corrected chi connectivity index (χ0v) is 17.9. The van der Waals surface area contributed by atoms with Crippen LogP contribution in [0.4, 0.5) is 0 Å². The highest BCUT2D eigenvalue weighted by Crippen LogP contribution is 2.24. The fourth-order valence-electron chi connectivity index (χ4n) is 3.16. The van der Waals surface area contributed by atoms with E-state index in [0.29, 0.717) is 19.7 Å². The largest absolute Gasteiger partial charge is 0.468 e. The first-order valence-corrected chi connectivity index (χ1v) is 10.5. The van der Waals surface area contributed by atoms with E-state index >= 15 is 0 Å². The van der Waals surface area contributed by atoms with Crippen LogP contribution in [0.3, 0.4) is 0 Å². The molecule has 154 valence electrons. The van der Waals surface area contributed by atoms with Crippen molar-refractivity contribution in [3.05, 3.63) is 70.9 Å². The standard InChI is InChI=1S/C23H30O3.C2H6/c1-3-21(16-20-8-6-5-7-9-20)22(4-2)17-26-23-12-10-19(11-13-23)14-15-25-18-24;1-2/h3-4,6,8-12,18,23H,5,7,13-17H2,1-2H3;1-2H3/b21-3-,22-4-;. The molecule has 2 rings (SSSR count). The highest BCUT2D eigenvalue weighted by atomic mass is 16.5. The van der Waals surface area contributed by atoms with Gasteiger partial charge in [-0.2, -0.15) is 0 Å². The normalized spacial score (nSPS) is 19.4. The number of carbonyl (C=O) groups is 1. The summed E-state index contributed by atoms with van der Waals surface area (Å²) in [4.78, 5) is 10.2. The first-order valence-electron chi connectivity index (χ1n) is 10.5. The van der Waals surface area contributed by atoms with Gasteiger partial charge in [-0.15, -0.1) is 0 Å². The molecule has 1 atom stereocenters. The predicted octanol–water partition coefficient (Wildman–Crippen LogP) is 6.41. The number of hydrogen-bond acceptors (Lipinski definition) is 3. The van der Waals surface area contributed by atoms with Crippen molar-refractivity contribution >= 4 is 6.47 Å². The van der Waals surface area contributed by atoms with Gasteiger partial charge in [0.2, 0.25) is 0 Å².